The maximum atomic E-state index is 13.6. The van der Waals surface area contributed by atoms with E-state index in [1.807, 2.05) is 13.0 Å². The first-order valence-electron chi connectivity index (χ1n) is 6.39. The lowest BCUT2D eigenvalue weighted by Gasteiger charge is -2.19. The molecule has 0 radical (unpaired) electrons. The van der Waals surface area contributed by atoms with E-state index < -0.39 is 17.5 Å². The van der Waals surface area contributed by atoms with Crippen LogP contribution in [0, 0.1) is 12.7 Å². The Bertz CT molecular complexity index is 773. The number of hydrogen-bond acceptors (Lipinski definition) is 2. The lowest BCUT2D eigenvalue weighted by molar-refractivity contribution is -0.114. The molecule has 0 spiro atoms. The monoisotopic (exact) mass is 347 g/mol. The van der Waals surface area contributed by atoms with Crippen LogP contribution in [0.4, 0.5) is 10.1 Å². The highest BCUT2D eigenvalue weighted by Gasteiger charge is 2.36. The standard InChI is InChI=1S/C16H11BrFNO2/c1-9-4-2-6-11-14(9)19(16(21)15(11)20)8-10-5-3-7-12(18)13(10)17/h2-7H,8H2,1H3. The van der Waals surface area contributed by atoms with Gasteiger partial charge in [-0.25, -0.2) is 4.39 Å². The number of benzene rings is 2. The Morgan fingerprint density at radius 2 is 1.86 bits per heavy atom. The first-order valence-corrected chi connectivity index (χ1v) is 7.18. The fraction of sp³-hybridized carbons (Fsp3) is 0.125. The molecule has 0 N–H and O–H groups in total. The first-order chi connectivity index (χ1) is 10.0. The van der Waals surface area contributed by atoms with Crippen molar-refractivity contribution in [2.75, 3.05) is 4.90 Å². The van der Waals surface area contributed by atoms with Gasteiger partial charge < -0.3 is 4.90 Å². The van der Waals surface area contributed by atoms with Crippen LogP contribution in [0.2, 0.25) is 0 Å². The maximum absolute atomic E-state index is 13.6. The molecule has 0 aliphatic carbocycles. The lowest BCUT2D eigenvalue weighted by Crippen LogP contribution is -2.29. The summed E-state index contributed by atoms with van der Waals surface area (Å²) in [7, 11) is 0. The van der Waals surface area contributed by atoms with Crippen molar-refractivity contribution in [3.63, 3.8) is 0 Å². The Hall–Kier alpha value is -2.01. The molecule has 0 bridgehead atoms. The number of halogens is 2. The highest BCUT2D eigenvalue weighted by molar-refractivity contribution is 9.10. The van der Waals surface area contributed by atoms with Gasteiger partial charge in [-0.05, 0) is 46.1 Å². The van der Waals surface area contributed by atoms with E-state index in [0.29, 0.717) is 21.3 Å². The summed E-state index contributed by atoms with van der Waals surface area (Å²) in [5.74, 6) is -1.48. The molecule has 106 valence electrons. The molecule has 0 fully saturated rings. The molecule has 5 heteroatoms. The second kappa shape index (κ2) is 5.07. The Balaban J connectivity index is 2.07. The molecule has 1 heterocycles. The number of fused-ring (bicyclic) bond motifs is 1. The SMILES string of the molecule is Cc1cccc2c1N(Cc1cccc(F)c1Br)C(=O)C2=O. The molecule has 2 aromatic rings. The minimum Gasteiger partial charge on any atom is -0.300 e. The number of amides is 1. The molecular weight excluding hydrogens is 337 g/mol. The molecule has 1 amide bonds. The molecule has 0 atom stereocenters. The van der Waals surface area contributed by atoms with Crippen molar-refractivity contribution in [2.24, 2.45) is 0 Å². The summed E-state index contributed by atoms with van der Waals surface area (Å²) in [5.41, 5.74) is 2.49. The highest BCUT2D eigenvalue weighted by Crippen LogP contribution is 2.34. The molecule has 2 aromatic carbocycles. The van der Waals surface area contributed by atoms with Crippen molar-refractivity contribution in [2.45, 2.75) is 13.5 Å². The molecule has 3 rings (SSSR count). The van der Waals surface area contributed by atoms with Crippen molar-refractivity contribution in [3.05, 3.63) is 63.4 Å². The Morgan fingerprint density at radius 1 is 1.14 bits per heavy atom. The predicted molar refractivity (Wildman–Crippen MR) is 80.8 cm³/mol. The summed E-state index contributed by atoms with van der Waals surface area (Å²) >= 11 is 3.18. The van der Waals surface area contributed by atoms with E-state index in [2.05, 4.69) is 15.9 Å². The molecule has 21 heavy (non-hydrogen) atoms. The Labute approximate surface area is 129 Å². The van der Waals surface area contributed by atoms with Crippen LogP contribution in [-0.4, -0.2) is 11.7 Å². The van der Waals surface area contributed by atoms with Gasteiger partial charge in [0.05, 0.1) is 22.3 Å². The van der Waals surface area contributed by atoms with Gasteiger partial charge in [0.2, 0.25) is 0 Å². The molecule has 1 aliphatic rings. The van der Waals surface area contributed by atoms with E-state index >= 15 is 0 Å². The summed E-state index contributed by atoms with van der Waals surface area (Å²) in [6.45, 7) is 2.00. The van der Waals surface area contributed by atoms with Gasteiger partial charge in [-0.2, -0.15) is 0 Å². The van der Waals surface area contributed by atoms with Crippen molar-refractivity contribution in [1.82, 2.24) is 0 Å². The van der Waals surface area contributed by atoms with Crippen LogP contribution in [0.5, 0.6) is 0 Å². The van der Waals surface area contributed by atoms with Crippen LogP contribution >= 0.6 is 15.9 Å². The average Bonchev–Trinajstić information content (AvgIpc) is 2.70. The van der Waals surface area contributed by atoms with Crippen LogP contribution in [0.15, 0.2) is 40.9 Å². The van der Waals surface area contributed by atoms with Gasteiger partial charge in [0.1, 0.15) is 5.82 Å². The van der Waals surface area contributed by atoms with Gasteiger partial charge in [-0.15, -0.1) is 0 Å². The number of anilines is 1. The van der Waals surface area contributed by atoms with Crippen LogP contribution in [-0.2, 0) is 11.3 Å². The van der Waals surface area contributed by atoms with Gasteiger partial charge in [-0.3, -0.25) is 9.59 Å². The van der Waals surface area contributed by atoms with Crippen LogP contribution < -0.4 is 4.90 Å². The third-order valence-corrected chi connectivity index (χ3v) is 4.44. The van der Waals surface area contributed by atoms with E-state index in [0.717, 1.165) is 5.56 Å². The normalized spacial score (nSPS) is 13.8. The zero-order chi connectivity index (χ0) is 15.1. The number of para-hydroxylation sites is 1. The minimum atomic E-state index is -0.574. The smallest absolute Gasteiger partial charge is 0.299 e. The Kier molecular flexibility index (Phi) is 3.37. The van der Waals surface area contributed by atoms with Crippen LogP contribution in [0.1, 0.15) is 21.5 Å². The molecule has 0 aromatic heterocycles. The third kappa shape index (κ3) is 2.17. The summed E-state index contributed by atoms with van der Waals surface area (Å²) in [5, 5.41) is 0. The number of carbonyl (C=O) groups excluding carboxylic acids is 2. The van der Waals surface area contributed by atoms with Gasteiger partial charge >= 0.3 is 0 Å². The second-order valence-corrected chi connectivity index (χ2v) is 5.70. The van der Waals surface area contributed by atoms with E-state index in [4.69, 9.17) is 0 Å². The first kappa shape index (κ1) is 13.9. The lowest BCUT2D eigenvalue weighted by atomic mass is 10.1. The van der Waals surface area contributed by atoms with Crippen molar-refractivity contribution in [3.8, 4) is 0 Å². The number of aryl methyl sites for hydroxylation is 1. The van der Waals surface area contributed by atoms with Crippen LogP contribution in [0.25, 0.3) is 0 Å². The highest BCUT2D eigenvalue weighted by atomic mass is 79.9. The largest absolute Gasteiger partial charge is 0.300 e. The molecule has 0 saturated carbocycles. The van der Waals surface area contributed by atoms with Crippen LogP contribution in [0.3, 0.4) is 0 Å². The molecule has 0 saturated heterocycles. The van der Waals surface area contributed by atoms with E-state index in [1.54, 1.807) is 24.3 Å². The van der Waals surface area contributed by atoms with Crippen molar-refractivity contribution in [1.29, 1.82) is 0 Å². The fourth-order valence-corrected chi connectivity index (χ4v) is 2.92. The fourth-order valence-electron chi connectivity index (χ4n) is 2.53. The zero-order valence-electron chi connectivity index (χ0n) is 11.2. The van der Waals surface area contributed by atoms with Gasteiger partial charge in [0.15, 0.2) is 0 Å². The summed E-state index contributed by atoms with van der Waals surface area (Å²) < 4.78 is 13.9. The van der Waals surface area contributed by atoms with E-state index in [1.165, 1.54) is 11.0 Å². The topological polar surface area (TPSA) is 37.4 Å². The van der Waals surface area contributed by atoms with E-state index in [9.17, 15) is 14.0 Å². The number of carbonyl (C=O) groups is 2. The Morgan fingerprint density at radius 3 is 2.62 bits per heavy atom. The number of Topliss-reactive ketones (excluding diaryl/α,β-unsaturated/α-hetero) is 1. The van der Waals surface area contributed by atoms with E-state index in [-0.39, 0.29) is 6.54 Å². The zero-order valence-corrected chi connectivity index (χ0v) is 12.8. The maximum Gasteiger partial charge on any atom is 0.299 e. The predicted octanol–water partition coefficient (Wildman–Crippen LogP) is 3.63. The number of hydrogen-bond donors (Lipinski definition) is 0. The molecule has 1 aliphatic heterocycles. The number of nitrogens with zero attached hydrogens (tertiary/aromatic N) is 1. The van der Waals surface area contributed by atoms with Gasteiger partial charge in [0.25, 0.3) is 11.7 Å². The number of rotatable bonds is 2. The third-order valence-electron chi connectivity index (χ3n) is 3.55. The second-order valence-electron chi connectivity index (χ2n) is 4.90. The molecule has 3 nitrogen and oxygen atoms in total. The quantitative estimate of drug-likeness (QED) is 0.778. The van der Waals surface area contributed by atoms with Crippen molar-refractivity contribution < 1.29 is 14.0 Å². The van der Waals surface area contributed by atoms with Gasteiger partial charge in [-0.1, -0.05) is 24.3 Å². The summed E-state index contributed by atoms with van der Waals surface area (Å²) in [6, 6.07) is 9.88. The molecule has 0 unspecified atom stereocenters. The summed E-state index contributed by atoms with van der Waals surface area (Å²) in [4.78, 5) is 25.6. The minimum absolute atomic E-state index is 0.154. The summed E-state index contributed by atoms with van der Waals surface area (Å²) in [6.07, 6.45) is 0. The van der Waals surface area contributed by atoms with Gasteiger partial charge in [0, 0.05) is 0 Å². The molecular formula is C16H11BrFNO2. The van der Waals surface area contributed by atoms with Crippen molar-refractivity contribution >= 4 is 33.3 Å². The number of ketones is 1. The average molecular weight is 348 g/mol.